The van der Waals surface area contributed by atoms with Gasteiger partial charge >= 0.3 is 17.8 Å². The number of hydrogen-bond donors (Lipinski definition) is 2. The maximum Gasteiger partial charge on any atom is 0.472 e. The van der Waals surface area contributed by atoms with E-state index in [1.165, 1.54) is 18.2 Å². The maximum atomic E-state index is 13.6. The van der Waals surface area contributed by atoms with E-state index in [1.54, 1.807) is 0 Å². The van der Waals surface area contributed by atoms with E-state index in [2.05, 4.69) is 4.98 Å². The Kier molecular flexibility index (Phi) is 8.44. The quantitative estimate of drug-likeness (QED) is 0.407. The second-order valence-corrected chi connectivity index (χ2v) is 7.72. The van der Waals surface area contributed by atoms with Gasteiger partial charge in [0.1, 0.15) is 23.8 Å². The van der Waals surface area contributed by atoms with Crippen LogP contribution in [0, 0.1) is 44.1 Å². The average molecular weight is 730 g/mol. The molecule has 1 aromatic carbocycles. The zero-order valence-corrected chi connectivity index (χ0v) is 23.4. The number of benzene rings is 1. The van der Waals surface area contributed by atoms with Crippen LogP contribution in [-0.4, -0.2) is 65.8 Å². The fourth-order valence-electron chi connectivity index (χ4n) is 3.75. The SMILES string of the molecule is [2H]C([3H])OC[C@H]1O[C@@H](n2cc3c(nc2=O)N(C(=O)C(F)(F)F)c2c(OCCCN)cccc2O3)C[C@H]1O.[Ac]. The summed E-state index contributed by atoms with van der Waals surface area (Å²) in [7, 11) is -1.61. The van der Waals surface area contributed by atoms with Gasteiger partial charge in [0.2, 0.25) is 0 Å². The number of carbonyl (C=O) groups is 1. The molecule has 1 amide bonds. The van der Waals surface area contributed by atoms with Gasteiger partial charge in [-0.25, -0.2) is 9.69 Å². The number of para-hydroxylation sites is 1. The largest absolute Gasteiger partial charge is 0.491 e. The van der Waals surface area contributed by atoms with Gasteiger partial charge in [-0.2, -0.15) is 18.2 Å². The number of ether oxygens (including phenoxy) is 4. The molecular weight excluding hydrogens is 704 g/mol. The van der Waals surface area contributed by atoms with Crippen molar-refractivity contribution in [2.75, 3.05) is 31.7 Å². The Morgan fingerprint density at radius 2 is 2.22 bits per heavy atom. The summed E-state index contributed by atoms with van der Waals surface area (Å²) in [4.78, 5) is 29.3. The molecule has 15 heteroatoms. The van der Waals surface area contributed by atoms with Crippen LogP contribution in [0.4, 0.5) is 24.7 Å². The fourth-order valence-corrected chi connectivity index (χ4v) is 3.75. The number of hydrogen-bond acceptors (Lipinski definition) is 9. The van der Waals surface area contributed by atoms with E-state index in [9.17, 15) is 27.9 Å². The van der Waals surface area contributed by atoms with E-state index in [1.807, 2.05) is 0 Å². The van der Waals surface area contributed by atoms with Crippen molar-refractivity contribution in [3.8, 4) is 17.2 Å². The van der Waals surface area contributed by atoms with E-state index in [0.29, 0.717) is 6.42 Å². The number of alkyl halides is 3. The van der Waals surface area contributed by atoms with Gasteiger partial charge in [0.25, 0.3) is 0 Å². The second-order valence-electron chi connectivity index (χ2n) is 7.72. The molecule has 4 rings (SSSR count). The first-order valence-electron chi connectivity index (χ1n) is 11.6. The molecule has 1 unspecified atom stereocenters. The summed E-state index contributed by atoms with van der Waals surface area (Å²) in [6.45, 7) is 0.0157. The first-order chi connectivity index (χ1) is 17.5. The molecule has 3 heterocycles. The Hall–Kier alpha value is -1.76. The van der Waals surface area contributed by atoms with Crippen LogP contribution in [0.15, 0.2) is 29.2 Å². The fraction of sp³-hybridized carbons (Fsp3) is 0.476. The van der Waals surface area contributed by atoms with Crippen molar-refractivity contribution in [3.05, 3.63) is 34.9 Å². The van der Waals surface area contributed by atoms with Crippen LogP contribution >= 0.6 is 0 Å². The van der Waals surface area contributed by atoms with Crippen molar-refractivity contribution in [3.63, 3.8) is 0 Å². The van der Waals surface area contributed by atoms with Gasteiger partial charge in [-0.05, 0) is 25.1 Å². The molecule has 2 aromatic rings. The first-order valence-corrected chi connectivity index (χ1v) is 10.5. The number of carbonyl (C=O) groups excluding carboxylic acids is 1. The van der Waals surface area contributed by atoms with Crippen molar-refractivity contribution < 1.29 is 88.8 Å². The van der Waals surface area contributed by atoms with Crippen LogP contribution in [0.1, 0.15) is 21.8 Å². The van der Waals surface area contributed by atoms with E-state index >= 15 is 0 Å². The van der Waals surface area contributed by atoms with E-state index in [4.69, 9.17) is 27.4 Å². The van der Waals surface area contributed by atoms with Gasteiger partial charge in [-0.15, -0.1) is 0 Å². The normalized spacial score (nSPS) is 22.4. The van der Waals surface area contributed by atoms with Crippen LogP contribution in [0.25, 0.3) is 0 Å². The summed E-state index contributed by atoms with van der Waals surface area (Å²) >= 11 is 0. The molecule has 193 valence electrons. The molecule has 36 heavy (non-hydrogen) atoms. The number of rotatable bonds is 7. The zero-order valence-electron chi connectivity index (χ0n) is 20.7. The Morgan fingerprint density at radius 1 is 1.44 bits per heavy atom. The van der Waals surface area contributed by atoms with Gasteiger partial charge in [-0.3, -0.25) is 9.36 Å². The average Bonchev–Trinajstić information content (AvgIpc) is 3.20. The second kappa shape index (κ2) is 11.7. The number of aliphatic hydroxyl groups excluding tert-OH is 1. The summed E-state index contributed by atoms with van der Waals surface area (Å²) in [5.41, 5.74) is 3.99. The smallest absolute Gasteiger partial charge is 0.472 e. The number of halogens is 3. The van der Waals surface area contributed by atoms with Crippen LogP contribution in [0.3, 0.4) is 0 Å². The van der Waals surface area contributed by atoms with E-state index in [0.717, 1.165) is 10.8 Å². The molecule has 2 aliphatic heterocycles. The first kappa shape index (κ1) is 25.9. The molecule has 1 saturated heterocycles. The molecule has 1 radical (unpaired) electrons. The number of amides is 1. The molecule has 2 aliphatic rings. The summed E-state index contributed by atoms with van der Waals surface area (Å²) in [6, 6.07) is 4.12. The molecule has 1 aromatic heterocycles. The number of fused-ring (bicyclic) bond motifs is 2. The molecule has 4 atom stereocenters. The van der Waals surface area contributed by atoms with Gasteiger partial charge < -0.3 is 29.8 Å². The number of nitrogens with two attached hydrogens (primary N) is 1. The van der Waals surface area contributed by atoms with Crippen LogP contribution < -0.4 is 25.8 Å². The molecule has 0 saturated carbocycles. The number of anilines is 2. The van der Waals surface area contributed by atoms with Gasteiger partial charge in [0.05, 0.1) is 28.3 Å². The molecule has 3 N–H and O–H groups in total. The Morgan fingerprint density at radius 3 is 2.92 bits per heavy atom. The third kappa shape index (κ3) is 5.71. The summed E-state index contributed by atoms with van der Waals surface area (Å²) in [5, 5.41) is 10.2. The Balaban J connectivity index is 0.00000400. The predicted octanol–water partition coefficient (Wildman–Crippen LogP) is 1.60. The number of methoxy groups -OCH3 is 1. The Bertz CT molecular complexity index is 1220. The van der Waals surface area contributed by atoms with Crippen LogP contribution in [-0.2, 0) is 14.3 Å². The molecule has 11 nitrogen and oxygen atoms in total. The minimum absolute atomic E-state index is 0. The molecule has 0 spiro atoms. The van der Waals surface area contributed by atoms with Gasteiger partial charge in [0, 0.05) is 57.5 Å². The van der Waals surface area contributed by atoms with Crippen molar-refractivity contribution in [1.82, 2.24) is 9.55 Å². The molecule has 1 fully saturated rings. The molecular formula is C21H23AcF3N4O7. The third-order valence-electron chi connectivity index (χ3n) is 5.34. The summed E-state index contributed by atoms with van der Waals surface area (Å²) in [6.07, 6.45) is -7.21. The summed E-state index contributed by atoms with van der Waals surface area (Å²) in [5.74, 6) is -3.62. The number of nitrogens with zero attached hydrogens (tertiary/aromatic N) is 3. The van der Waals surface area contributed by atoms with Gasteiger partial charge in [0.15, 0.2) is 17.3 Å². The van der Waals surface area contributed by atoms with Crippen LogP contribution in [0.5, 0.6) is 17.2 Å². The topological polar surface area (TPSA) is 138 Å². The zero-order chi connectivity index (χ0) is 26.9. The standard InChI is InChI=1S/C21H23F3N4O7.Ac/c1-32-10-15-11(29)8-16(35-15)27-9-14-18(26-20(27)31)28(19(30)21(22,23)24)17-12(33-7-3-6-25)4-2-5-13(17)34-14;/h2,4-5,9,11,15-16,29H,3,6-8,10,25H2,1H3;/t11-,15-,16-;/m1./s1/i1TD;/t1?,11-,15-,16-;. The number of aliphatic hydroxyl groups is 1. The molecule has 0 aliphatic carbocycles. The van der Waals surface area contributed by atoms with Crippen molar-refractivity contribution in [2.45, 2.75) is 37.5 Å². The third-order valence-corrected chi connectivity index (χ3v) is 5.34. The Labute approximate surface area is 241 Å². The molecule has 0 bridgehead atoms. The van der Waals surface area contributed by atoms with E-state index in [-0.39, 0.29) is 98.1 Å². The van der Waals surface area contributed by atoms with Gasteiger partial charge in [-0.1, -0.05) is 6.07 Å². The van der Waals surface area contributed by atoms with Crippen molar-refractivity contribution >= 4 is 17.4 Å². The maximum absolute atomic E-state index is 13.6. The number of aromatic nitrogens is 2. The van der Waals surface area contributed by atoms with Crippen LogP contribution in [0.2, 0.25) is 0 Å². The monoisotopic (exact) mass is 730 g/mol. The predicted molar refractivity (Wildman–Crippen MR) is 114 cm³/mol. The minimum Gasteiger partial charge on any atom is -0.491 e. The van der Waals surface area contributed by atoms with Crippen molar-refractivity contribution in [2.24, 2.45) is 5.73 Å². The van der Waals surface area contributed by atoms with E-state index < -0.39 is 49.1 Å². The summed E-state index contributed by atoms with van der Waals surface area (Å²) < 4.78 is 77.6. The van der Waals surface area contributed by atoms with Crippen molar-refractivity contribution in [1.29, 1.82) is 0 Å². The minimum atomic E-state index is -5.33.